The van der Waals surface area contributed by atoms with E-state index < -0.39 is 0 Å². The summed E-state index contributed by atoms with van der Waals surface area (Å²) in [5.74, 6) is 1.73. The average molecular weight is 409 g/mol. The van der Waals surface area contributed by atoms with E-state index in [0.29, 0.717) is 0 Å². The van der Waals surface area contributed by atoms with Crippen molar-refractivity contribution < 1.29 is 0 Å². The molecule has 166 valence electrons. The van der Waals surface area contributed by atoms with Gasteiger partial charge < -0.3 is 0 Å². The first-order valence-electron chi connectivity index (χ1n) is 12.6. The van der Waals surface area contributed by atoms with Crippen LogP contribution >= 0.6 is 0 Å². The van der Waals surface area contributed by atoms with Crippen LogP contribution in [0.4, 0.5) is 0 Å². The Labute approximate surface area is 185 Å². The van der Waals surface area contributed by atoms with Gasteiger partial charge in [0.1, 0.15) is 0 Å². The molecule has 0 bridgehead atoms. The molecule has 0 N–H and O–H groups in total. The van der Waals surface area contributed by atoms with Gasteiger partial charge in [-0.15, -0.1) is 0 Å². The predicted octanol–water partition coefficient (Wildman–Crippen LogP) is 8.59. The molecule has 0 saturated carbocycles. The number of nitrogens with zero attached hydrogens (tertiary/aromatic N) is 2. The highest BCUT2D eigenvalue weighted by atomic mass is 14.9. The Morgan fingerprint density at radius 3 is 2.00 bits per heavy atom. The van der Waals surface area contributed by atoms with Gasteiger partial charge in [0.05, 0.1) is 0 Å². The van der Waals surface area contributed by atoms with Gasteiger partial charge in [-0.1, -0.05) is 109 Å². The summed E-state index contributed by atoms with van der Waals surface area (Å²) in [4.78, 5) is 9.43. The molecule has 2 aromatic rings. The van der Waals surface area contributed by atoms with Crippen molar-refractivity contribution in [2.75, 3.05) is 0 Å². The van der Waals surface area contributed by atoms with Crippen molar-refractivity contribution in [3.05, 3.63) is 47.8 Å². The zero-order valence-corrected chi connectivity index (χ0v) is 19.8. The molecule has 0 saturated heterocycles. The van der Waals surface area contributed by atoms with Crippen LogP contribution in [0, 0.1) is 5.92 Å². The maximum Gasteiger partial charge on any atom is 0.159 e. The van der Waals surface area contributed by atoms with Crippen molar-refractivity contribution in [2.24, 2.45) is 5.92 Å². The molecular weight excluding hydrogens is 364 g/mol. The highest BCUT2D eigenvalue weighted by molar-refractivity contribution is 5.59. The lowest BCUT2D eigenvalue weighted by atomic mass is 10.00. The van der Waals surface area contributed by atoms with Gasteiger partial charge in [0.2, 0.25) is 0 Å². The van der Waals surface area contributed by atoms with Gasteiger partial charge in [-0.25, -0.2) is 9.97 Å². The lowest BCUT2D eigenvalue weighted by Crippen LogP contribution is -1.97. The minimum absolute atomic E-state index is 0.844. The lowest BCUT2D eigenvalue weighted by molar-refractivity contribution is 0.515. The van der Waals surface area contributed by atoms with Crippen LogP contribution in [0.3, 0.4) is 0 Å². The number of hydrogen-bond donors (Lipinski definition) is 0. The maximum absolute atomic E-state index is 4.71. The second-order valence-electron chi connectivity index (χ2n) is 9.29. The quantitative estimate of drug-likeness (QED) is 0.260. The Bertz CT molecular complexity index is 675. The van der Waals surface area contributed by atoms with E-state index in [4.69, 9.17) is 9.97 Å². The molecule has 0 spiro atoms. The zero-order chi connectivity index (χ0) is 21.4. The third-order valence-electron chi connectivity index (χ3n) is 6.01. The third kappa shape index (κ3) is 9.87. The molecule has 0 aliphatic rings. The second-order valence-corrected chi connectivity index (χ2v) is 9.29. The molecule has 0 fully saturated rings. The molecule has 1 aromatic carbocycles. The molecule has 0 aliphatic heterocycles. The zero-order valence-electron chi connectivity index (χ0n) is 19.8. The Kier molecular flexibility index (Phi) is 12.4. The first kappa shape index (κ1) is 24.6. The van der Waals surface area contributed by atoms with Crippen molar-refractivity contribution in [1.29, 1.82) is 0 Å². The van der Waals surface area contributed by atoms with Crippen LogP contribution in [0.2, 0.25) is 0 Å². The molecule has 0 radical (unpaired) electrons. The van der Waals surface area contributed by atoms with Crippen LogP contribution < -0.4 is 0 Å². The highest BCUT2D eigenvalue weighted by Crippen LogP contribution is 2.22. The van der Waals surface area contributed by atoms with Crippen LogP contribution in [0.5, 0.6) is 0 Å². The van der Waals surface area contributed by atoms with E-state index >= 15 is 0 Å². The summed E-state index contributed by atoms with van der Waals surface area (Å²) in [6.07, 6.45) is 22.4. The van der Waals surface area contributed by atoms with Gasteiger partial charge in [0.25, 0.3) is 0 Å². The van der Waals surface area contributed by atoms with E-state index in [0.717, 1.165) is 24.6 Å². The van der Waals surface area contributed by atoms with Crippen molar-refractivity contribution in [3.63, 3.8) is 0 Å². The van der Waals surface area contributed by atoms with Crippen LogP contribution in [0.15, 0.2) is 36.7 Å². The first-order valence-corrected chi connectivity index (χ1v) is 12.6. The fourth-order valence-corrected chi connectivity index (χ4v) is 4.09. The van der Waals surface area contributed by atoms with Gasteiger partial charge >= 0.3 is 0 Å². The van der Waals surface area contributed by atoms with Crippen LogP contribution in [-0.2, 0) is 12.8 Å². The van der Waals surface area contributed by atoms with Crippen LogP contribution in [0.25, 0.3) is 11.4 Å². The minimum atomic E-state index is 0.844. The molecule has 1 aromatic heterocycles. The summed E-state index contributed by atoms with van der Waals surface area (Å²) in [5.41, 5.74) is 3.87. The summed E-state index contributed by atoms with van der Waals surface area (Å²) >= 11 is 0. The van der Waals surface area contributed by atoms with E-state index in [9.17, 15) is 0 Å². The molecule has 2 nitrogen and oxygen atoms in total. The van der Waals surface area contributed by atoms with E-state index in [1.807, 2.05) is 12.4 Å². The average Bonchev–Trinajstić information content (AvgIpc) is 2.76. The molecule has 1 heterocycles. The largest absolute Gasteiger partial charge is 0.236 e. The number of aryl methyl sites for hydroxylation is 2. The number of hydrogen-bond acceptors (Lipinski definition) is 2. The smallest absolute Gasteiger partial charge is 0.159 e. The van der Waals surface area contributed by atoms with Gasteiger partial charge in [0.15, 0.2) is 5.82 Å². The summed E-state index contributed by atoms with van der Waals surface area (Å²) in [5, 5.41) is 0. The predicted molar refractivity (Wildman–Crippen MR) is 131 cm³/mol. The third-order valence-corrected chi connectivity index (χ3v) is 6.01. The maximum atomic E-state index is 4.71. The van der Waals surface area contributed by atoms with E-state index in [-0.39, 0.29) is 0 Å². The Morgan fingerprint density at radius 2 is 1.30 bits per heavy atom. The van der Waals surface area contributed by atoms with Crippen molar-refractivity contribution in [3.8, 4) is 11.4 Å². The summed E-state index contributed by atoms with van der Waals surface area (Å²) in [6, 6.07) is 8.68. The number of rotatable bonds is 16. The minimum Gasteiger partial charge on any atom is -0.236 e. The Morgan fingerprint density at radius 1 is 0.700 bits per heavy atom. The van der Waals surface area contributed by atoms with Gasteiger partial charge in [-0.2, -0.15) is 0 Å². The molecule has 0 aliphatic carbocycles. The van der Waals surface area contributed by atoms with E-state index in [1.54, 1.807) is 0 Å². The van der Waals surface area contributed by atoms with Gasteiger partial charge in [-0.3, -0.25) is 0 Å². The summed E-state index contributed by atoms with van der Waals surface area (Å²) < 4.78 is 0. The monoisotopic (exact) mass is 408 g/mol. The molecule has 30 heavy (non-hydrogen) atoms. The molecular formula is C28H44N2. The first-order chi connectivity index (χ1) is 14.7. The standard InChI is InChI=1S/C28H44N2/c1-4-5-6-7-11-14-19-26-20-15-16-21-27(26)28-29-22-25(23-30-28)18-13-10-8-9-12-17-24(2)3/h15-16,20-24H,4-14,17-19H2,1-3H3. The van der Waals surface area contributed by atoms with Crippen molar-refractivity contribution >= 4 is 0 Å². The lowest BCUT2D eigenvalue weighted by Gasteiger charge is -2.09. The fourth-order valence-electron chi connectivity index (χ4n) is 4.09. The molecule has 0 unspecified atom stereocenters. The normalized spacial score (nSPS) is 11.3. The highest BCUT2D eigenvalue weighted by Gasteiger charge is 2.07. The van der Waals surface area contributed by atoms with Crippen molar-refractivity contribution in [1.82, 2.24) is 9.97 Å². The van der Waals surface area contributed by atoms with E-state index in [1.165, 1.54) is 93.7 Å². The van der Waals surface area contributed by atoms with Gasteiger partial charge in [-0.05, 0) is 42.7 Å². The molecule has 2 rings (SSSR count). The Hall–Kier alpha value is -1.70. The van der Waals surface area contributed by atoms with Crippen molar-refractivity contribution in [2.45, 2.75) is 111 Å². The topological polar surface area (TPSA) is 25.8 Å². The molecule has 2 heteroatoms. The van der Waals surface area contributed by atoms with Crippen LogP contribution in [-0.4, -0.2) is 9.97 Å². The summed E-state index contributed by atoms with van der Waals surface area (Å²) in [6.45, 7) is 6.91. The Balaban J connectivity index is 1.76. The molecule has 0 atom stereocenters. The number of aromatic nitrogens is 2. The SMILES string of the molecule is CCCCCCCCc1ccccc1-c1ncc(CCCCCCCC(C)C)cn1. The van der Waals surface area contributed by atoms with Gasteiger partial charge in [0, 0.05) is 18.0 Å². The molecule has 0 amide bonds. The van der Waals surface area contributed by atoms with E-state index in [2.05, 4.69) is 45.0 Å². The number of unbranched alkanes of at least 4 members (excludes halogenated alkanes) is 9. The van der Waals surface area contributed by atoms with Crippen LogP contribution in [0.1, 0.15) is 109 Å². The second kappa shape index (κ2) is 15.2. The summed E-state index contributed by atoms with van der Waals surface area (Å²) in [7, 11) is 0. The number of benzene rings is 1. The fraction of sp³-hybridized carbons (Fsp3) is 0.643.